The predicted molar refractivity (Wildman–Crippen MR) is 79.3 cm³/mol. The van der Waals surface area contributed by atoms with Crippen molar-refractivity contribution in [3.63, 3.8) is 0 Å². The first-order valence-corrected chi connectivity index (χ1v) is 6.90. The third kappa shape index (κ3) is 3.04. The third-order valence-corrected chi connectivity index (χ3v) is 3.65. The molecule has 0 saturated heterocycles. The van der Waals surface area contributed by atoms with Gasteiger partial charge in [0.05, 0.1) is 6.04 Å². The summed E-state index contributed by atoms with van der Waals surface area (Å²) in [5.41, 5.74) is 4.02. The van der Waals surface area contributed by atoms with Gasteiger partial charge in [-0.15, -0.1) is 0 Å². The Labute approximate surface area is 115 Å². The van der Waals surface area contributed by atoms with Crippen LogP contribution in [0.25, 0.3) is 0 Å². The molecule has 0 aliphatic carbocycles. The summed E-state index contributed by atoms with van der Waals surface area (Å²) >= 11 is 0. The van der Waals surface area contributed by atoms with Crippen molar-refractivity contribution >= 4 is 0 Å². The number of aryl methyl sites for hydroxylation is 3. The first kappa shape index (κ1) is 13.8. The largest absolute Gasteiger partial charge is 0.333 e. The molecule has 0 amide bonds. The van der Waals surface area contributed by atoms with Crippen molar-refractivity contribution in [3.05, 3.63) is 53.1 Å². The molecule has 1 heterocycles. The van der Waals surface area contributed by atoms with Crippen LogP contribution in [0.2, 0.25) is 0 Å². The molecule has 3 nitrogen and oxygen atoms in total. The zero-order valence-electron chi connectivity index (χ0n) is 12.3. The molecule has 1 unspecified atom stereocenters. The standard InChI is InChI=1S/C16H23N3/c1-5-16-18-8-9-19(16)11-15(17-4)14-7-6-12(2)10-13(14)3/h6-10,15,17H,5,11H2,1-4H3. The van der Waals surface area contributed by atoms with Gasteiger partial charge in [0, 0.05) is 25.4 Å². The van der Waals surface area contributed by atoms with Gasteiger partial charge in [-0.1, -0.05) is 30.7 Å². The SMILES string of the molecule is CCc1nccn1CC(NC)c1ccc(C)cc1C. The van der Waals surface area contributed by atoms with Crippen LogP contribution in [0.15, 0.2) is 30.6 Å². The first-order chi connectivity index (χ1) is 9.15. The molecule has 0 aliphatic heterocycles. The molecule has 0 bridgehead atoms. The number of benzene rings is 1. The average molecular weight is 257 g/mol. The number of rotatable bonds is 5. The van der Waals surface area contributed by atoms with Crippen LogP contribution in [-0.4, -0.2) is 16.6 Å². The molecule has 0 spiro atoms. The maximum Gasteiger partial charge on any atom is 0.108 e. The molecular formula is C16H23N3. The van der Waals surface area contributed by atoms with Crippen LogP contribution in [0.1, 0.15) is 35.5 Å². The Bertz CT molecular complexity index is 543. The predicted octanol–water partition coefficient (Wildman–Crippen LogP) is 3.02. The highest BCUT2D eigenvalue weighted by Gasteiger charge is 2.13. The van der Waals surface area contributed by atoms with E-state index < -0.39 is 0 Å². The van der Waals surface area contributed by atoms with Gasteiger partial charge in [0.25, 0.3) is 0 Å². The van der Waals surface area contributed by atoms with E-state index in [4.69, 9.17) is 0 Å². The van der Waals surface area contributed by atoms with E-state index >= 15 is 0 Å². The van der Waals surface area contributed by atoms with Crippen molar-refractivity contribution in [1.82, 2.24) is 14.9 Å². The lowest BCUT2D eigenvalue weighted by atomic mass is 9.99. The number of likely N-dealkylation sites (N-methyl/N-ethyl adjacent to an activating group) is 1. The summed E-state index contributed by atoms with van der Waals surface area (Å²) in [6.07, 6.45) is 4.91. The van der Waals surface area contributed by atoms with Gasteiger partial charge in [0.1, 0.15) is 5.82 Å². The average Bonchev–Trinajstić information content (AvgIpc) is 2.84. The van der Waals surface area contributed by atoms with Crippen LogP contribution < -0.4 is 5.32 Å². The molecule has 3 heteroatoms. The van der Waals surface area contributed by atoms with E-state index in [2.05, 4.69) is 60.0 Å². The lowest BCUT2D eigenvalue weighted by molar-refractivity contribution is 0.487. The molecule has 0 fully saturated rings. The number of imidazole rings is 1. The van der Waals surface area contributed by atoms with E-state index in [1.807, 2.05) is 13.2 Å². The second kappa shape index (κ2) is 6.02. The minimum Gasteiger partial charge on any atom is -0.333 e. The zero-order chi connectivity index (χ0) is 13.8. The fourth-order valence-corrected chi connectivity index (χ4v) is 2.58. The van der Waals surface area contributed by atoms with Gasteiger partial charge in [-0.3, -0.25) is 0 Å². The Morgan fingerprint density at radius 2 is 2.11 bits per heavy atom. The Hall–Kier alpha value is -1.61. The second-order valence-corrected chi connectivity index (χ2v) is 5.05. The highest BCUT2D eigenvalue weighted by atomic mass is 15.1. The van der Waals surface area contributed by atoms with E-state index in [9.17, 15) is 0 Å². The van der Waals surface area contributed by atoms with E-state index in [1.165, 1.54) is 16.7 Å². The summed E-state index contributed by atoms with van der Waals surface area (Å²) in [5, 5.41) is 3.42. The molecule has 0 saturated carbocycles. The fraction of sp³-hybridized carbons (Fsp3) is 0.438. The molecule has 2 rings (SSSR count). The lowest BCUT2D eigenvalue weighted by Crippen LogP contribution is -2.23. The van der Waals surface area contributed by atoms with Gasteiger partial charge in [-0.2, -0.15) is 0 Å². The highest BCUT2D eigenvalue weighted by Crippen LogP contribution is 2.21. The molecule has 1 N–H and O–H groups in total. The van der Waals surface area contributed by atoms with Crippen LogP contribution >= 0.6 is 0 Å². The Morgan fingerprint density at radius 1 is 1.32 bits per heavy atom. The van der Waals surface area contributed by atoms with Gasteiger partial charge in [-0.05, 0) is 32.0 Å². The van der Waals surface area contributed by atoms with E-state index in [0.717, 1.165) is 18.8 Å². The van der Waals surface area contributed by atoms with Crippen molar-refractivity contribution in [3.8, 4) is 0 Å². The van der Waals surface area contributed by atoms with Crippen LogP contribution in [0.3, 0.4) is 0 Å². The van der Waals surface area contributed by atoms with Crippen LogP contribution in [0.4, 0.5) is 0 Å². The minimum absolute atomic E-state index is 0.320. The van der Waals surface area contributed by atoms with Gasteiger partial charge >= 0.3 is 0 Å². The van der Waals surface area contributed by atoms with Crippen molar-refractivity contribution in [2.75, 3.05) is 7.05 Å². The number of nitrogens with zero attached hydrogens (tertiary/aromatic N) is 2. The first-order valence-electron chi connectivity index (χ1n) is 6.90. The zero-order valence-corrected chi connectivity index (χ0v) is 12.3. The fourth-order valence-electron chi connectivity index (χ4n) is 2.58. The van der Waals surface area contributed by atoms with E-state index in [-0.39, 0.29) is 0 Å². The normalized spacial score (nSPS) is 12.6. The highest BCUT2D eigenvalue weighted by molar-refractivity contribution is 5.32. The number of hydrogen-bond donors (Lipinski definition) is 1. The van der Waals surface area contributed by atoms with Crippen LogP contribution in [0, 0.1) is 13.8 Å². The monoisotopic (exact) mass is 257 g/mol. The van der Waals surface area contributed by atoms with Crippen molar-refractivity contribution in [2.24, 2.45) is 0 Å². The van der Waals surface area contributed by atoms with Crippen LogP contribution in [0.5, 0.6) is 0 Å². The number of nitrogens with one attached hydrogen (secondary N) is 1. The Kier molecular flexibility index (Phi) is 4.38. The smallest absolute Gasteiger partial charge is 0.108 e. The summed E-state index contributed by atoms with van der Waals surface area (Å²) in [5.74, 6) is 1.14. The number of aromatic nitrogens is 2. The van der Waals surface area contributed by atoms with Crippen molar-refractivity contribution in [1.29, 1.82) is 0 Å². The molecule has 1 aromatic heterocycles. The maximum absolute atomic E-state index is 4.39. The summed E-state index contributed by atoms with van der Waals surface area (Å²) in [7, 11) is 2.02. The van der Waals surface area contributed by atoms with Gasteiger partial charge in [0.15, 0.2) is 0 Å². The summed E-state index contributed by atoms with van der Waals surface area (Å²) in [4.78, 5) is 4.39. The number of hydrogen-bond acceptors (Lipinski definition) is 2. The lowest BCUT2D eigenvalue weighted by Gasteiger charge is -2.21. The third-order valence-electron chi connectivity index (χ3n) is 3.65. The second-order valence-electron chi connectivity index (χ2n) is 5.05. The van der Waals surface area contributed by atoms with E-state index in [1.54, 1.807) is 0 Å². The molecule has 19 heavy (non-hydrogen) atoms. The molecule has 0 radical (unpaired) electrons. The van der Waals surface area contributed by atoms with E-state index in [0.29, 0.717) is 6.04 Å². The Morgan fingerprint density at radius 3 is 2.74 bits per heavy atom. The van der Waals surface area contributed by atoms with Crippen molar-refractivity contribution < 1.29 is 0 Å². The summed E-state index contributed by atoms with van der Waals surface area (Å²) < 4.78 is 2.24. The molecule has 2 aromatic rings. The van der Waals surface area contributed by atoms with Crippen molar-refractivity contribution in [2.45, 2.75) is 39.8 Å². The molecule has 1 atom stereocenters. The van der Waals surface area contributed by atoms with Gasteiger partial charge in [0.2, 0.25) is 0 Å². The van der Waals surface area contributed by atoms with Crippen LogP contribution in [-0.2, 0) is 13.0 Å². The Balaban J connectivity index is 2.25. The maximum atomic E-state index is 4.39. The van der Waals surface area contributed by atoms with Gasteiger partial charge in [-0.25, -0.2) is 4.98 Å². The summed E-state index contributed by atoms with van der Waals surface area (Å²) in [6.45, 7) is 7.38. The summed E-state index contributed by atoms with van der Waals surface area (Å²) in [6, 6.07) is 6.98. The molecular weight excluding hydrogens is 234 g/mol. The molecule has 0 aliphatic rings. The molecule has 1 aromatic carbocycles. The minimum atomic E-state index is 0.320. The van der Waals surface area contributed by atoms with Gasteiger partial charge < -0.3 is 9.88 Å². The topological polar surface area (TPSA) is 29.9 Å². The molecule has 102 valence electrons. The quantitative estimate of drug-likeness (QED) is 0.892.